The van der Waals surface area contributed by atoms with Gasteiger partial charge in [0.1, 0.15) is 0 Å². The van der Waals surface area contributed by atoms with Gasteiger partial charge in [0.2, 0.25) is 0 Å². The number of benzene rings is 1. The van der Waals surface area contributed by atoms with E-state index in [1.165, 1.54) is 4.88 Å². The molecule has 0 aliphatic heterocycles. The first kappa shape index (κ1) is 15.1. The molecule has 1 atom stereocenters. The van der Waals surface area contributed by atoms with Crippen LogP contribution in [-0.2, 0) is 16.3 Å². The van der Waals surface area contributed by atoms with E-state index in [0.29, 0.717) is 10.6 Å². The molecule has 0 spiro atoms. The van der Waals surface area contributed by atoms with Crippen LogP contribution in [0.25, 0.3) is 0 Å². The molecule has 1 N–H and O–H groups in total. The van der Waals surface area contributed by atoms with Crippen molar-refractivity contribution in [3.05, 3.63) is 46.7 Å². The molecule has 20 heavy (non-hydrogen) atoms. The van der Waals surface area contributed by atoms with Gasteiger partial charge in [-0.05, 0) is 30.5 Å². The minimum absolute atomic E-state index is 0.116. The molecule has 0 aliphatic carbocycles. The summed E-state index contributed by atoms with van der Waals surface area (Å²) in [4.78, 5) is 1.68. The van der Waals surface area contributed by atoms with Crippen molar-refractivity contribution in [2.24, 2.45) is 0 Å². The smallest absolute Gasteiger partial charge is 0.180 e. The highest BCUT2D eigenvalue weighted by atomic mass is 32.2. The standard InChI is InChI=1S/C15H19NO2S2/c1-3-20(17,18)15-9-5-4-8-14(15)16-12(2)11-13-7-6-10-19-13/h4-10,12,16H,3,11H2,1-2H3. The summed E-state index contributed by atoms with van der Waals surface area (Å²) in [6.45, 7) is 3.73. The third kappa shape index (κ3) is 3.61. The summed E-state index contributed by atoms with van der Waals surface area (Å²) < 4.78 is 24.2. The lowest BCUT2D eigenvalue weighted by atomic mass is 10.2. The fraction of sp³-hybridized carbons (Fsp3) is 0.333. The second-order valence-electron chi connectivity index (χ2n) is 4.73. The molecule has 108 valence electrons. The zero-order valence-electron chi connectivity index (χ0n) is 11.7. The van der Waals surface area contributed by atoms with Crippen molar-refractivity contribution in [1.29, 1.82) is 0 Å². The lowest BCUT2D eigenvalue weighted by molar-refractivity contribution is 0.597. The predicted molar refractivity (Wildman–Crippen MR) is 85.3 cm³/mol. The van der Waals surface area contributed by atoms with E-state index in [4.69, 9.17) is 0 Å². The van der Waals surface area contributed by atoms with Crippen molar-refractivity contribution < 1.29 is 8.42 Å². The summed E-state index contributed by atoms with van der Waals surface area (Å²) in [6.07, 6.45) is 0.887. The van der Waals surface area contributed by atoms with Gasteiger partial charge < -0.3 is 5.32 Å². The Labute approximate surface area is 124 Å². The zero-order valence-corrected chi connectivity index (χ0v) is 13.3. The molecule has 2 rings (SSSR count). The molecule has 0 aliphatic rings. The Bertz CT molecular complexity index is 648. The lowest BCUT2D eigenvalue weighted by Crippen LogP contribution is -2.19. The topological polar surface area (TPSA) is 46.2 Å². The average molecular weight is 309 g/mol. The quantitative estimate of drug-likeness (QED) is 0.887. The Morgan fingerprint density at radius 2 is 1.95 bits per heavy atom. The number of para-hydroxylation sites is 1. The Morgan fingerprint density at radius 1 is 1.20 bits per heavy atom. The summed E-state index contributed by atoms with van der Waals surface area (Å²) in [7, 11) is -3.20. The van der Waals surface area contributed by atoms with Crippen molar-refractivity contribution in [3.8, 4) is 0 Å². The van der Waals surface area contributed by atoms with Gasteiger partial charge in [0.05, 0.1) is 16.3 Å². The van der Waals surface area contributed by atoms with Crippen molar-refractivity contribution in [2.75, 3.05) is 11.1 Å². The van der Waals surface area contributed by atoms with Crippen molar-refractivity contribution in [2.45, 2.75) is 31.2 Å². The predicted octanol–water partition coefficient (Wildman–Crippen LogP) is 3.58. The van der Waals surface area contributed by atoms with E-state index in [0.717, 1.165) is 6.42 Å². The fourth-order valence-electron chi connectivity index (χ4n) is 2.06. The van der Waals surface area contributed by atoms with Gasteiger partial charge in [0, 0.05) is 17.3 Å². The third-order valence-corrected chi connectivity index (χ3v) is 5.78. The van der Waals surface area contributed by atoms with Crippen LogP contribution in [0.1, 0.15) is 18.7 Å². The number of nitrogens with one attached hydrogen (secondary N) is 1. The first-order valence-corrected chi connectivity index (χ1v) is 9.17. The number of sulfone groups is 1. The minimum atomic E-state index is -3.20. The van der Waals surface area contributed by atoms with Crippen LogP contribution in [0.15, 0.2) is 46.7 Å². The highest BCUT2D eigenvalue weighted by Gasteiger charge is 2.17. The SMILES string of the molecule is CCS(=O)(=O)c1ccccc1NC(C)Cc1cccs1. The number of rotatable bonds is 6. The Hall–Kier alpha value is -1.33. The molecule has 5 heteroatoms. The molecule has 1 aromatic heterocycles. The molecule has 2 aromatic rings. The normalized spacial score (nSPS) is 13.1. The summed E-state index contributed by atoms with van der Waals surface area (Å²) in [5, 5.41) is 5.37. The van der Waals surface area contributed by atoms with E-state index >= 15 is 0 Å². The molecule has 0 bridgehead atoms. The maximum atomic E-state index is 12.1. The van der Waals surface area contributed by atoms with Crippen molar-refractivity contribution in [1.82, 2.24) is 0 Å². The summed E-state index contributed by atoms with van der Waals surface area (Å²) >= 11 is 1.72. The van der Waals surface area contributed by atoms with Crippen LogP contribution in [0.2, 0.25) is 0 Å². The van der Waals surface area contributed by atoms with Gasteiger partial charge in [-0.25, -0.2) is 8.42 Å². The first-order chi connectivity index (χ1) is 9.53. The summed E-state index contributed by atoms with van der Waals surface area (Å²) in [6, 6.07) is 11.4. The van der Waals surface area contributed by atoms with Gasteiger partial charge in [0.25, 0.3) is 0 Å². The third-order valence-electron chi connectivity index (χ3n) is 3.09. The van der Waals surface area contributed by atoms with E-state index in [-0.39, 0.29) is 11.8 Å². The van der Waals surface area contributed by atoms with Gasteiger partial charge in [-0.15, -0.1) is 11.3 Å². The van der Waals surface area contributed by atoms with E-state index < -0.39 is 9.84 Å². The Kier molecular flexibility index (Phi) is 4.83. The first-order valence-electron chi connectivity index (χ1n) is 6.63. The molecule has 1 aromatic carbocycles. The Morgan fingerprint density at radius 3 is 2.60 bits per heavy atom. The molecule has 0 saturated carbocycles. The van der Waals surface area contributed by atoms with Gasteiger partial charge in [0.15, 0.2) is 9.84 Å². The second-order valence-corrected chi connectivity index (χ2v) is 8.01. The van der Waals surface area contributed by atoms with Crippen LogP contribution in [0.4, 0.5) is 5.69 Å². The maximum absolute atomic E-state index is 12.1. The van der Waals surface area contributed by atoms with E-state index in [2.05, 4.69) is 23.7 Å². The molecule has 0 fully saturated rings. The molecule has 1 heterocycles. The van der Waals surface area contributed by atoms with Gasteiger partial charge in [-0.1, -0.05) is 25.1 Å². The molecule has 0 radical (unpaired) electrons. The highest BCUT2D eigenvalue weighted by Crippen LogP contribution is 2.23. The maximum Gasteiger partial charge on any atom is 0.180 e. The largest absolute Gasteiger partial charge is 0.381 e. The number of hydrogen-bond acceptors (Lipinski definition) is 4. The molecule has 3 nitrogen and oxygen atoms in total. The van der Waals surface area contributed by atoms with Crippen LogP contribution < -0.4 is 5.32 Å². The molecule has 1 unspecified atom stereocenters. The van der Waals surface area contributed by atoms with Gasteiger partial charge in [-0.2, -0.15) is 0 Å². The monoisotopic (exact) mass is 309 g/mol. The van der Waals surface area contributed by atoms with E-state index in [1.54, 1.807) is 30.4 Å². The number of thiophene rings is 1. The zero-order chi connectivity index (χ0) is 14.6. The number of hydrogen-bond donors (Lipinski definition) is 1. The lowest BCUT2D eigenvalue weighted by Gasteiger charge is -2.17. The van der Waals surface area contributed by atoms with Crippen LogP contribution in [0.3, 0.4) is 0 Å². The van der Waals surface area contributed by atoms with Crippen molar-refractivity contribution in [3.63, 3.8) is 0 Å². The minimum Gasteiger partial charge on any atom is -0.381 e. The van der Waals surface area contributed by atoms with Crippen LogP contribution in [0.5, 0.6) is 0 Å². The van der Waals surface area contributed by atoms with Crippen molar-refractivity contribution >= 4 is 26.9 Å². The van der Waals surface area contributed by atoms with E-state index in [1.807, 2.05) is 18.2 Å². The molecule has 0 saturated heterocycles. The van der Waals surface area contributed by atoms with Gasteiger partial charge in [-0.3, -0.25) is 0 Å². The number of anilines is 1. The van der Waals surface area contributed by atoms with Gasteiger partial charge >= 0.3 is 0 Å². The summed E-state index contributed by atoms with van der Waals surface area (Å²) in [5.41, 5.74) is 0.693. The highest BCUT2D eigenvalue weighted by molar-refractivity contribution is 7.91. The second kappa shape index (κ2) is 6.41. The average Bonchev–Trinajstić information content (AvgIpc) is 2.92. The van der Waals surface area contributed by atoms with Crippen LogP contribution in [-0.4, -0.2) is 20.2 Å². The van der Waals surface area contributed by atoms with Crippen LogP contribution >= 0.6 is 11.3 Å². The molecular formula is C15H19NO2S2. The van der Waals surface area contributed by atoms with Crippen LogP contribution in [0, 0.1) is 0 Å². The van der Waals surface area contributed by atoms with E-state index in [9.17, 15) is 8.42 Å². The summed E-state index contributed by atoms with van der Waals surface area (Å²) in [5.74, 6) is 0.116. The molecule has 0 amide bonds. The molecular weight excluding hydrogens is 290 g/mol. The fourth-order valence-corrected chi connectivity index (χ4v) is 3.95. The Balaban J connectivity index is 2.17.